The van der Waals surface area contributed by atoms with Crippen molar-refractivity contribution in [1.29, 1.82) is 0 Å². The predicted molar refractivity (Wildman–Crippen MR) is 100 cm³/mol. The molecule has 4 rings (SSSR count). The number of nitrogens with zero attached hydrogens (tertiary/aromatic N) is 2. The Kier molecular flexibility index (Phi) is 5.25. The summed E-state index contributed by atoms with van der Waals surface area (Å²) in [7, 11) is -6.03. The van der Waals surface area contributed by atoms with Crippen LogP contribution in [0.2, 0.25) is 0 Å². The van der Waals surface area contributed by atoms with Crippen molar-refractivity contribution < 1.29 is 45.3 Å². The van der Waals surface area contributed by atoms with Gasteiger partial charge in [-0.1, -0.05) is 42.5 Å². The largest absolute Gasteiger partial charge is 0.534 e. The number of carbonyl (C=O) groups excluding carboxylic acids is 1. The van der Waals surface area contributed by atoms with Gasteiger partial charge in [0.1, 0.15) is 18.4 Å². The Hall–Kier alpha value is -3.32. The summed E-state index contributed by atoms with van der Waals surface area (Å²) in [5.74, 6) is -2.17. The van der Waals surface area contributed by atoms with Crippen molar-refractivity contribution in [1.82, 2.24) is 9.96 Å². The van der Waals surface area contributed by atoms with Crippen LogP contribution in [-0.2, 0) is 26.4 Å². The number of carboxylic acids is 1. The molecule has 13 heteroatoms. The summed E-state index contributed by atoms with van der Waals surface area (Å²) in [6.07, 6.45) is 0. The number of benzene rings is 2. The third-order valence-corrected chi connectivity index (χ3v) is 6.02. The molecule has 0 radical (unpaired) electrons. The maximum Gasteiger partial charge on any atom is 0.534 e. The van der Waals surface area contributed by atoms with Crippen LogP contribution in [0.15, 0.2) is 48.5 Å². The maximum atomic E-state index is 12.9. The first kappa shape index (κ1) is 21.9. The van der Waals surface area contributed by atoms with Crippen LogP contribution in [0.4, 0.5) is 18.0 Å². The number of hydrogen-bond donors (Lipinski definition) is 1. The van der Waals surface area contributed by atoms with Gasteiger partial charge in [0.2, 0.25) is 0 Å². The number of carboxylic acid groups (broad SMARTS) is 1. The standard InChI is InChI=1S/C19H15F3N2O7S/c20-19(21,22)32(28,29)31-14-8-4-7-12-15(14)13-9-23(16(12)17(25)26)18(27)24(13)30-10-11-5-2-1-3-6-11/h1-8,13,16H,9-10H2,(H,25,26)/t13-,16?/m1/s1. The molecule has 2 aliphatic heterocycles. The van der Waals surface area contributed by atoms with Gasteiger partial charge in [0.25, 0.3) is 0 Å². The molecule has 170 valence electrons. The van der Waals surface area contributed by atoms with Gasteiger partial charge in [-0.15, -0.1) is 0 Å². The topological polar surface area (TPSA) is 113 Å². The first-order chi connectivity index (χ1) is 15.0. The highest BCUT2D eigenvalue weighted by Gasteiger charge is 2.54. The number of urea groups is 1. The number of alkyl halides is 3. The highest BCUT2D eigenvalue weighted by Crippen LogP contribution is 2.48. The SMILES string of the molecule is O=C(O)C1c2cccc(OS(=O)(=O)C(F)(F)F)c2[C@H]2CN1C(=O)N2OCc1ccccc1. The van der Waals surface area contributed by atoms with E-state index < -0.39 is 45.5 Å². The number of amides is 2. The van der Waals surface area contributed by atoms with Gasteiger partial charge < -0.3 is 14.2 Å². The molecular weight excluding hydrogens is 457 g/mol. The molecule has 2 heterocycles. The Morgan fingerprint density at radius 2 is 1.81 bits per heavy atom. The molecule has 2 aliphatic rings. The summed E-state index contributed by atoms with van der Waals surface area (Å²) in [6, 6.07) is 8.60. The molecule has 2 aromatic carbocycles. The molecule has 0 spiro atoms. The lowest BCUT2D eigenvalue weighted by Crippen LogP contribution is -2.38. The summed E-state index contributed by atoms with van der Waals surface area (Å²) in [4.78, 5) is 31.3. The molecular formula is C19H15F3N2O7S. The molecule has 1 saturated heterocycles. The van der Waals surface area contributed by atoms with Crippen molar-refractivity contribution in [3.05, 3.63) is 65.2 Å². The molecule has 2 bridgehead atoms. The number of carbonyl (C=O) groups is 2. The molecule has 1 N–H and O–H groups in total. The fourth-order valence-corrected chi connectivity index (χ4v) is 4.19. The quantitative estimate of drug-likeness (QED) is 0.508. The van der Waals surface area contributed by atoms with Gasteiger partial charge in [0, 0.05) is 5.56 Å². The molecule has 1 unspecified atom stereocenters. The Bertz CT molecular complexity index is 1170. The highest BCUT2D eigenvalue weighted by atomic mass is 32.2. The first-order valence-corrected chi connectivity index (χ1v) is 10.5. The maximum absolute atomic E-state index is 12.9. The fraction of sp³-hybridized carbons (Fsp3) is 0.263. The van der Waals surface area contributed by atoms with Crippen molar-refractivity contribution in [3.63, 3.8) is 0 Å². The monoisotopic (exact) mass is 472 g/mol. The van der Waals surface area contributed by atoms with E-state index >= 15 is 0 Å². The van der Waals surface area contributed by atoms with Crippen molar-refractivity contribution >= 4 is 22.1 Å². The van der Waals surface area contributed by atoms with Crippen LogP contribution in [0.1, 0.15) is 28.8 Å². The van der Waals surface area contributed by atoms with Crippen LogP contribution in [0.3, 0.4) is 0 Å². The van der Waals surface area contributed by atoms with Crippen LogP contribution in [0.25, 0.3) is 0 Å². The molecule has 2 aromatic rings. The van der Waals surface area contributed by atoms with E-state index in [1.54, 1.807) is 30.3 Å². The zero-order valence-corrected chi connectivity index (χ0v) is 16.8. The minimum atomic E-state index is -6.03. The molecule has 0 aliphatic carbocycles. The van der Waals surface area contributed by atoms with E-state index in [0.717, 1.165) is 22.1 Å². The van der Waals surface area contributed by atoms with Crippen LogP contribution in [0, 0.1) is 0 Å². The van der Waals surface area contributed by atoms with E-state index in [9.17, 15) is 36.3 Å². The number of aliphatic carboxylic acids is 1. The molecule has 1 fully saturated rings. The van der Waals surface area contributed by atoms with Gasteiger partial charge in [0.15, 0.2) is 6.04 Å². The smallest absolute Gasteiger partial charge is 0.479 e. The molecule has 0 saturated carbocycles. The van der Waals surface area contributed by atoms with Gasteiger partial charge in [0.05, 0.1) is 6.54 Å². The number of hydroxylamine groups is 2. The first-order valence-electron chi connectivity index (χ1n) is 9.14. The summed E-state index contributed by atoms with van der Waals surface area (Å²) in [5, 5.41) is 10.5. The van der Waals surface area contributed by atoms with Gasteiger partial charge in [-0.3, -0.25) is 4.84 Å². The average Bonchev–Trinajstić information content (AvgIpc) is 2.98. The Morgan fingerprint density at radius 3 is 2.44 bits per heavy atom. The van der Waals surface area contributed by atoms with Crippen LogP contribution in [-0.4, -0.2) is 47.5 Å². The van der Waals surface area contributed by atoms with E-state index in [1.807, 2.05) is 0 Å². The molecule has 2 atom stereocenters. The van der Waals surface area contributed by atoms with E-state index in [0.29, 0.717) is 5.56 Å². The number of halogens is 3. The van der Waals surface area contributed by atoms with Crippen LogP contribution in [0.5, 0.6) is 5.75 Å². The average molecular weight is 472 g/mol. The Balaban J connectivity index is 1.76. The van der Waals surface area contributed by atoms with Gasteiger partial charge in [-0.2, -0.15) is 26.7 Å². The normalized spacial score (nSPS) is 20.3. The zero-order valence-electron chi connectivity index (χ0n) is 16.0. The van der Waals surface area contributed by atoms with E-state index in [1.165, 1.54) is 6.07 Å². The number of fused-ring (bicyclic) bond motifs is 4. The second-order valence-electron chi connectivity index (χ2n) is 7.02. The Labute approximate surface area is 179 Å². The lowest BCUT2D eigenvalue weighted by Gasteiger charge is -2.31. The van der Waals surface area contributed by atoms with Crippen molar-refractivity contribution in [2.45, 2.75) is 24.2 Å². The minimum Gasteiger partial charge on any atom is -0.479 e. The summed E-state index contributed by atoms with van der Waals surface area (Å²) in [5.41, 5.74) is -5.26. The van der Waals surface area contributed by atoms with Crippen LogP contribution >= 0.6 is 0 Å². The van der Waals surface area contributed by atoms with Gasteiger partial charge in [-0.25, -0.2) is 9.59 Å². The van der Waals surface area contributed by atoms with Crippen molar-refractivity contribution in [2.24, 2.45) is 0 Å². The Morgan fingerprint density at radius 1 is 1.12 bits per heavy atom. The van der Waals surface area contributed by atoms with E-state index in [-0.39, 0.29) is 24.3 Å². The number of rotatable bonds is 6. The van der Waals surface area contributed by atoms with Gasteiger partial charge >= 0.3 is 27.6 Å². The molecule has 32 heavy (non-hydrogen) atoms. The minimum absolute atomic E-state index is 0.0669. The third-order valence-electron chi connectivity index (χ3n) is 5.06. The molecule has 9 nitrogen and oxygen atoms in total. The van der Waals surface area contributed by atoms with Gasteiger partial charge in [-0.05, 0) is 17.2 Å². The summed E-state index contributed by atoms with van der Waals surface area (Å²) < 4.78 is 66.2. The van der Waals surface area contributed by atoms with Crippen molar-refractivity contribution in [3.8, 4) is 5.75 Å². The van der Waals surface area contributed by atoms with Crippen LogP contribution < -0.4 is 4.18 Å². The molecule has 0 aromatic heterocycles. The summed E-state index contributed by atoms with van der Waals surface area (Å²) in [6.45, 7) is -0.335. The second-order valence-corrected chi connectivity index (χ2v) is 8.56. The highest BCUT2D eigenvalue weighted by molar-refractivity contribution is 7.88. The lowest BCUT2D eigenvalue weighted by atomic mass is 9.90. The zero-order chi connectivity index (χ0) is 23.3. The number of hydrogen-bond acceptors (Lipinski definition) is 6. The van der Waals surface area contributed by atoms with Crippen molar-refractivity contribution in [2.75, 3.05) is 6.54 Å². The lowest BCUT2D eigenvalue weighted by molar-refractivity contribution is -0.143. The second kappa shape index (κ2) is 7.67. The van der Waals surface area contributed by atoms with E-state index in [2.05, 4.69) is 4.18 Å². The van der Waals surface area contributed by atoms with E-state index in [4.69, 9.17) is 4.84 Å². The predicted octanol–water partition coefficient (Wildman–Crippen LogP) is 2.96. The third kappa shape index (κ3) is 3.62. The molecule has 2 amide bonds. The summed E-state index contributed by atoms with van der Waals surface area (Å²) >= 11 is 0. The fourth-order valence-electron chi connectivity index (χ4n) is 3.71.